The average Bonchev–Trinajstić information content (AvgIpc) is 2.66. The third-order valence-corrected chi connectivity index (χ3v) is 4.06. The number of unbranched alkanes of at least 4 members (excludes halogenated alkanes) is 1. The molecule has 1 aromatic carbocycles. The Balaban J connectivity index is 0.000000892. The molecule has 1 aliphatic heterocycles. The van der Waals surface area contributed by atoms with Gasteiger partial charge in [-0.15, -0.1) is 0 Å². The second kappa shape index (κ2) is 12.2. The van der Waals surface area contributed by atoms with Gasteiger partial charge in [0.15, 0.2) is 6.10 Å². The van der Waals surface area contributed by atoms with E-state index in [9.17, 15) is 14.7 Å². The zero-order valence-electron chi connectivity index (χ0n) is 16.9. The van der Waals surface area contributed by atoms with Crippen LogP contribution in [0.3, 0.4) is 0 Å². The highest BCUT2D eigenvalue weighted by atomic mass is 16.7. The van der Waals surface area contributed by atoms with Crippen LogP contribution in [0.2, 0.25) is 0 Å². The summed E-state index contributed by atoms with van der Waals surface area (Å²) in [6.07, 6.45) is 0.102. The lowest BCUT2D eigenvalue weighted by molar-refractivity contribution is -0.195. The lowest BCUT2D eigenvalue weighted by Crippen LogP contribution is -2.42. The molecule has 0 radical (unpaired) electrons. The fourth-order valence-corrected chi connectivity index (χ4v) is 2.39. The van der Waals surface area contributed by atoms with Gasteiger partial charge in [-0.25, -0.2) is 4.79 Å². The van der Waals surface area contributed by atoms with Crippen LogP contribution in [0.25, 0.3) is 0 Å². The summed E-state index contributed by atoms with van der Waals surface area (Å²) in [7, 11) is 1.70. The number of ether oxygens (including phenoxy) is 3. The number of esters is 1. The Bertz CT molecular complexity index is 633. The zero-order valence-corrected chi connectivity index (χ0v) is 16.9. The monoisotopic (exact) mass is 397 g/mol. The molecule has 0 aliphatic carbocycles. The highest BCUT2D eigenvalue weighted by molar-refractivity contribution is 5.72. The van der Waals surface area contributed by atoms with E-state index in [2.05, 4.69) is 19.2 Å². The number of benzene rings is 1. The first kappa shape index (κ1) is 23.7. The number of aliphatic hydroxyl groups is 1. The second-order valence-electron chi connectivity index (χ2n) is 6.50. The van der Waals surface area contributed by atoms with Gasteiger partial charge in [0, 0.05) is 26.8 Å². The van der Waals surface area contributed by atoms with E-state index in [1.807, 2.05) is 0 Å². The molecule has 0 bridgehead atoms. The number of carbonyl (C=O) groups excluding carboxylic acids is 1. The van der Waals surface area contributed by atoms with Gasteiger partial charge in [-0.05, 0) is 17.7 Å². The van der Waals surface area contributed by atoms with Crippen molar-refractivity contribution in [3.8, 4) is 5.75 Å². The van der Waals surface area contributed by atoms with Crippen LogP contribution in [0.5, 0.6) is 5.75 Å². The third-order valence-electron chi connectivity index (χ3n) is 4.06. The lowest BCUT2D eigenvalue weighted by atomic mass is 10.1. The maximum Gasteiger partial charge on any atom is 0.333 e. The Morgan fingerprint density at radius 2 is 1.93 bits per heavy atom. The van der Waals surface area contributed by atoms with Crippen LogP contribution in [-0.2, 0) is 25.7 Å². The standard InChI is InChI=1S/C16H21NO7.C4H10/c1-9(18)22-8-10-3-4-13(12(5-10)17-2)23-15-7-11(19)6-14(24-15)16(20)21;1-3-4-2/h3-5,11,14-15,17,19H,6-8H2,1-2H3,(H,20,21);3-4H2,1-2H3/t11-,14-,15+;/m0./s1. The predicted molar refractivity (Wildman–Crippen MR) is 104 cm³/mol. The van der Waals surface area contributed by atoms with Crippen molar-refractivity contribution in [1.82, 2.24) is 0 Å². The molecular weight excluding hydrogens is 366 g/mol. The fraction of sp³-hybridized carbons (Fsp3) is 0.600. The molecule has 3 atom stereocenters. The first-order valence-corrected chi connectivity index (χ1v) is 9.47. The van der Waals surface area contributed by atoms with Crippen molar-refractivity contribution < 1.29 is 34.0 Å². The van der Waals surface area contributed by atoms with Crippen molar-refractivity contribution in [2.75, 3.05) is 12.4 Å². The Morgan fingerprint density at radius 3 is 2.46 bits per heavy atom. The molecule has 1 fully saturated rings. The minimum atomic E-state index is -1.13. The average molecular weight is 397 g/mol. The smallest absolute Gasteiger partial charge is 0.333 e. The largest absolute Gasteiger partial charge is 0.479 e. The summed E-state index contributed by atoms with van der Waals surface area (Å²) in [4.78, 5) is 21.9. The topological polar surface area (TPSA) is 114 Å². The number of aliphatic carboxylic acids is 1. The van der Waals surface area contributed by atoms with Gasteiger partial charge in [0.1, 0.15) is 12.4 Å². The van der Waals surface area contributed by atoms with Gasteiger partial charge in [0.25, 0.3) is 0 Å². The molecule has 158 valence electrons. The second-order valence-corrected chi connectivity index (χ2v) is 6.50. The molecular formula is C20H31NO7. The van der Waals surface area contributed by atoms with Crippen molar-refractivity contribution in [1.29, 1.82) is 0 Å². The first-order valence-electron chi connectivity index (χ1n) is 9.47. The predicted octanol–water partition coefficient (Wildman–Crippen LogP) is 2.93. The van der Waals surface area contributed by atoms with Crippen LogP contribution in [0, 0.1) is 0 Å². The van der Waals surface area contributed by atoms with Gasteiger partial charge in [-0.1, -0.05) is 32.8 Å². The Kier molecular flexibility index (Phi) is 10.3. The van der Waals surface area contributed by atoms with Gasteiger partial charge < -0.3 is 29.7 Å². The van der Waals surface area contributed by atoms with E-state index in [4.69, 9.17) is 19.3 Å². The molecule has 0 amide bonds. The van der Waals surface area contributed by atoms with Crippen molar-refractivity contribution in [3.63, 3.8) is 0 Å². The molecule has 3 N–H and O–H groups in total. The molecule has 1 heterocycles. The molecule has 0 unspecified atom stereocenters. The Morgan fingerprint density at radius 1 is 1.25 bits per heavy atom. The normalized spacial score (nSPS) is 21.1. The molecule has 1 aliphatic rings. The molecule has 0 spiro atoms. The number of carboxylic acid groups (broad SMARTS) is 1. The maximum absolute atomic E-state index is 11.0. The number of hydrogen-bond acceptors (Lipinski definition) is 7. The van der Waals surface area contributed by atoms with E-state index in [0.29, 0.717) is 11.4 Å². The summed E-state index contributed by atoms with van der Waals surface area (Å²) in [5.41, 5.74) is 1.41. The minimum absolute atomic E-state index is 0.0371. The summed E-state index contributed by atoms with van der Waals surface area (Å²) >= 11 is 0. The van der Waals surface area contributed by atoms with Crippen LogP contribution in [-0.4, -0.2) is 47.7 Å². The van der Waals surface area contributed by atoms with Gasteiger partial charge in [0.2, 0.25) is 6.29 Å². The number of carbonyl (C=O) groups is 2. The van der Waals surface area contributed by atoms with Crippen LogP contribution in [0.15, 0.2) is 18.2 Å². The molecule has 0 aromatic heterocycles. The minimum Gasteiger partial charge on any atom is -0.479 e. The van der Waals surface area contributed by atoms with Gasteiger partial charge in [0.05, 0.1) is 11.8 Å². The van der Waals surface area contributed by atoms with Crippen molar-refractivity contribution in [2.45, 2.75) is 71.6 Å². The molecule has 2 rings (SSSR count). The molecule has 1 aromatic rings. The van der Waals surface area contributed by atoms with Gasteiger partial charge >= 0.3 is 11.9 Å². The molecule has 28 heavy (non-hydrogen) atoms. The van der Waals surface area contributed by atoms with Crippen molar-refractivity contribution in [2.24, 2.45) is 0 Å². The quantitative estimate of drug-likeness (QED) is 0.602. The van der Waals surface area contributed by atoms with E-state index in [-0.39, 0.29) is 25.4 Å². The van der Waals surface area contributed by atoms with E-state index in [0.717, 1.165) is 5.56 Å². The summed E-state index contributed by atoms with van der Waals surface area (Å²) in [6, 6.07) is 5.16. The summed E-state index contributed by atoms with van der Waals surface area (Å²) in [6.45, 7) is 5.84. The number of aliphatic hydroxyl groups excluding tert-OH is 1. The molecule has 8 nitrogen and oxygen atoms in total. The van der Waals surface area contributed by atoms with Crippen molar-refractivity contribution in [3.05, 3.63) is 23.8 Å². The lowest BCUT2D eigenvalue weighted by Gasteiger charge is -2.31. The van der Waals surface area contributed by atoms with Crippen LogP contribution in [0.4, 0.5) is 5.69 Å². The van der Waals surface area contributed by atoms with E-state index >= 15 is 0 Å². The van der Waals surface area contributed by atoms with E-state index in [1.54, 1.807) is 25.2 Å². The van der Waals surface area contributed by atoms with E-state index < -0.39 is 24.5 Å². The van der Waals surface area contributed by atoms with Crippen LogP contribution < -0.4 is 10.1 Å². The number of nitrogens with one attached hydrogen (secondary N) is 1. The first-order chi connectivity index (χ1) is 13.3. The van der Waals surface area contributed by atoms with Crippen LogP contribution >= 0.6 is 0 Å². The number of rotatable bonds is 7. The fourth-order valence-electron chi connectivity index (χ4n) is 2.39. The Labute approximate surface area is 165 Å². The highest BCUT2D eigenvalue weighted by Gasteiger charge is 2.34. The summed E-state index contributed by atoms with van der Waals surface area (Å²) in [5.74, 6) is -1.05. The number of anilines is 1. The molecule has 8 heteroatoms. The van der Waals surface area contributed by atoms with Gasteiger partial charge in [-0.2, -0.15) is 0 Å². The SMILES string of the molecule is CCCC.CNc1cc(COC(C)=O)ccc1O[C@H]1C[C@@H](O)C[C@@H](C(=O)O)O1. The highest BCUT2D eigenvalue weighted by Crippen LogP contribution is 2.30. The zero-order chi connectivity index (χ0) is 21.1. The maximum atomic E-state index is 11.0. The summed E-state index contributed by atoms with van der Waals surface area (Å²) in [5, 5.41) is 21.8. The van der Waals surface area contributed by atoms with Gasteiger partial charge in [-0.3, -0.25) is 4.79 Å². The molecule has 0 saturated carbocycles. The Hall–Kier alpha value is -2.32. The van der Waals surface area contributed by atoms with Crippen molar-refractivity contribution >= 4 is 17.6 Å². The summed E-state index contributed by atoms with van der Waals surface area (Å²) < 4.78 is 16.0. The number of hydrogen-bond donors (Lipinski definition) is 3. The molecule has 1 saturated heterocycles. The van der Waals surface area contributed by atoms with Crippen LogP contribution in [0.1, 0.15) is 52.0 Å². The third kappa shape index (κ3) is 8.14. The number of carboxylic acids is 1. The van der Waals surface area contributed by atoms with E-state index in [1.165, 1.54) is 19.8 Å².